The molecule has 0 N–H and O–H groups in total. The molecule has 0 heterocycles. The minimum absolute atomic E-state index is 0.172. The fraction of sp³-hybridized carbons (Fsp3) is 0.200. The third-order valence-electron chi connectivity index (χ3n) is 2.80. The van der Waals surface area contributed by atoms with Crippen molar-refractivity contribution in [3.05, 3.63) is 61.5 Å². The second-order valence-electron chi connectivity index (χ2n) is 4.30. The molecule has 0 saturated heterocycles. The third-order valence-corrected chi connectivity index (χ3v) is 4.88. The third kappa shape index (κ3) is 4.20. The predicted octanol–water partition coefficient (Wildman–Crippen LogP) is 7.18. The Morgan fingerprint density at radius 2 is 1.57 bits per heavy atom. The normalized spacial score (nSPS) is 12.3. The lowest BCUT2D eigenvalue weighted by atomic mass is 10.0. The van der Waals surface area contributed by atoms with Gasteiger partial charge in [0.25, 0.3) is 0 Å². The van der Waals surface area contributed by atoms with E-state index in [2.05, 4.69) is 15.9 Å². The van der Waals surface area contributed by atoms with Crippen molar-refractivity contribution < 1.29 is 4.74 Å². The highest BCUT2D eigenvalue weighted by molar-refractivity contribution is 9.09. The Bertz CT molecular complexity index is 640. The van der Waals surface area contributed by atoms with E-state index in [-0.39, 0.29) is 4.83 Å². The molecule has 1 atom stereocenters. The van der Waals surface area contributed by atoms with Crippen LogP contribution in [0.4, 0.5) is 0 Å². The first-order valence-electron chi connectivity index (χ1n) is 6.14. The first-order valence-corrected chi connectivity index (χ1v) is 8.57. The van der Waals surface area contributed by atoms with Gasteiger partial charge in [0, 0.05) is 21.1 Å². The van der Waals surface area contributed by atoms with Gasteiger partial charge in [-0.15, -0.1) is 0 Å². The van der Waals surface area contributed by atoms with Gasteiger partial charge < -0.3 is 4.74 Å². The average Bonchev–Trinajstić information content (AvgIpc) is 2.41. The van der Waals surface area contributed by atoms with Gasteiger partial charge >= 0.3 is 0 Å². The van der Waals surface area contributed by atoms with Crippen LogP contribution in [-0.2, 0) is 0 Å². The molecule has 2 rings (SSSR count). The van der Waals surface area contributed by atoms with Crippen molar-refractivity contribution >= 4 is 62.3 Å². The molecule has 0 amide bonds. The molecule has 0 saturated carbocycles. The molecule has 0 aliphatic carbocycles. The van der Waals surface area contributed by atoms with E-state index in [0.717, 1.165) is 11.1 Å². The van der Waals surface area contributed by atoms with E-state index in [9.17, 15) is 0 Å². The molecular weight excluding hydrogens is 418 g/mol. The van der Waals surface area contributed by atoms with E-state index in [4.69, 9.17) is 51.1 Å². The van der Waals surface area contributed by atoms with E-state index >= 15 is 0 Å². The van der Waals surface area contributed by atoms with Crippen LogP contribution in [0, 0.1) is 0 Å². The molecule has 1 unspecified atom stereocenters. The molecule has 0 aromatic heterocycles. The fourth-order valence-corrected chi connectivity index (χ4v) is 3.71. The number of ether oxygens (including phenoxy) is 1. The molecule has 2 aromatic rings. The van der Waals surface area contributed by atoms with Crippen LogP contribution < -0.4 is 4.74 Å². The van der Waals surface area contributed by atoms with Crippen LogP contribution in [0.25, 0.3) is 0 Å². The maximum absolute atomic E-state index is 6.33. The Kier molecular flexibility index (Phi) is 6.10. The Labute approximate surface area is 152 Å². The first kappa shape index (κ1) is 17.2. The maximum atomic E-state index is 6.33. The minimum atomic E-state index is -0.172. The van der Waals surface area contributed by atoms with Crippen LogP contribution >= 0.6 is 62.3 Å². The quantitative estimate of drug-likeness (QED) is 0.468. The van der Waals surface area contributed by atoms with Crippen LogP contribution in [0.2, 0.25) is 20.1 Å². The Balaban J connectivity index is 2.43. The predicted molar refractivity (Wildman–Crippen MR) is 94.9 cm³/mol. The van der Waals surface area contributed by atoms with Crippen LogP contribution in [0.3, 0.4) is 0 Å². The molecule has 0 spiro atoms. The zero-order valence-corrected chi connectivity index (χ0v) is 15.6. The molecule has 0 radical (unpaired) electrons. The van der Waals surface area contributed by atoms with Gasteiger partial charge in [0.15, 0.2) is 0 Å². The summed E-state index contributed by atoms with van der Waals surface area (Å²) >= 11 is 28.2. The molecule has 0 bridgehead atoms. The van der Waals surface area contributed by atoms with Gasteiger partial charge in [-0.1, -0.05) is 62.3 Å². The first-order chi connectivity index (χ1) is 9.92. The Hall–Kier alpha value is -0.120. The number of hydrogen-bond acceptors (Lipinski definition) is 1. The van der Waals surface area contributed by atoms with Crippen molar-refractivity contribution in [1.82, 2.24) is 0 Å². The summed E-state index contributed by atoms with van der Waals surface area (Å²) in [5.74, 6) is 0.566. The SMILES string of the molecule is CCOc1cc(Cl)c(C(Br)c2cc(Cl)cc(Cl)c2)cc1Cl. The number of rotatable bonds is 4. The minimum Gasteiger partial charge on any atom is -0.492 e. The van der Waals surface area contributed by atoms with Gasteiger partial charge in [-0.05, 0) is 42.3 Å². The lowest BCUT2D eigenvalue weighted by Gasteiger charge is -2.16. The molecule has 21 heavy (non-hydrogen) atoms. The molecule has 112 valence electrons. The molecule has 0 fully saturated rings. The van der Waals surface area contributed by atoms with Crippen molar-refractivity contribution in [3.8, 4) is 5.75 Å². The van der Waals surface area contributed by atoms with Crippen LogP contribution in [-0.4, -0.2) is 6.61 Å². The largest absolute Gasteiger partial charge is 0.492 e. The highest BCUT2D eigenvalue weighted by Crippen LogP contribution is 2.41. The van der Waals surface area contributed by atoms with Crippen molar-refractivity contribution in [1.29, 1.82) is 0 Å². The summed E-state index contributed by atoms with van der Waals surface area (Å²) in [4.78, 5) is -0.172. The smallest absolute Gasteiger partial charge is 0.139 e. The van der Waals surface area contributed by atoms with E-state index in [0.29, 0.717) is 32.4 Å². The highest BCUT2D eigenvalue weighted by Gasteiger charge is 2.18. The summed E-state index contributed by atoms with van der Waals surface area (Å²) in [6, 6.07) is 8.83. The van der Waals surface area contributed by atoms with E-state index < -0.39 is 0 Å². The summed E-state index contributed by atoms with van der Waals surface area (Å²) in [5, 5.41) is 2.19. The van der Waals surface area contributed by atoms with Crippen molar-refractivity contribution in [2.45, 2.75) is 11.8 Å². The van der Waals surface area contributed by atoms with E-state index in [1.54, 1.807) is 18.2 Å². The van der Waals surface area contributed by atoms with E-state index in [1.165, 1.54) is 0 Å². The zero-order chi connectivity index (χ0) is 15.6. The number of halogens is 5. The highest BCUT2D eigenvalue weighted by atomic mass is 79.9. The van der Waals surface area contributed by atoms with Crippen LogP contribution in [0.1, 0.15) is 22.9 Å². The summed E-state index contributed by atoms with van der Waals surface area (Å²) < 4.78 is 5.42. The van der Waals surface area contributed by atoms with Gasteiger partial charge in [0.1, 0.15) is 5.75 Å². The van der Waals surface area contributed by atoms with Gasteiger partial charge in [0.05, 0.1) is 16.5 Å². The molecule has 6 heteroatoms. The van der Waals surface area contributed by atoms with Crippen LogP contribution in [0.5, 0.6) is 5.75 Å². The van der Waals surface area contributed by atoms with Gasteiger partial charge in [-0.3, -0.25) is 0 Å². The average molecular weight is 429 g/mol. The summed E-state index contributed by atoms with van der Waals surface area (Å²) in [6.45, 7) is 2.41. The fourth-order valence-electron chi connectivity index (χ4n) is 1.91. The summed E-state index contributed by atoms with van der Waals surface area (Å²) in [5.41, 5.74) is 1.72. The molecule has 0 aliphatic rings. The summed E-state index contributed by atoms with van der Waals surface area (Å²) in [6.07, 6.45) is 0. The zero-order valence-electron chi connectivity index (χ0n) is 11.0. The Morgan fingerprint density at radius 3 is 2.14 bits per heavy atom. The standard InChI is InChI=1S/C15H11BrCl4O/c1-2-21-14-7-12(19)11(6-13(14)20)15(16)8-3-9(17)5-10(18)4-8/h3-7,15H,2H2,1H3. The van der Waals surface area contributed by atoms with Crippen molar-refractivity contribution in [2.24, 2.45) is 0 Å². The van der Waals surface area contributed by atoms with Crippen LogP contribution in [0.15, 0.2) is 30.3 Å². The number of alkyl halides is 1. The molecule has 0 aliphatic heterocycles. The summed E-state index contributed by atoms with van der Waals surface area (Å²) in [7, 11) is 0. The van der Waals surface area contributed by atoms with Crippen molar-refractivity contribution in [2.75, 3.05) is 6.61 Å². The molecule has 1 nitrogen and oxygen atoms in total. The molecule has 2 aromatic carbocycles. The lowest BCUT2D eigenvalue weighted by molar-refractivity contribution is 0.340. The Morgan fingerprint density at radius 1 is 0.952 bits per heavy atom. The molecular formula is C15H11BrCl4O. The topological polar surface area (TPSA) is 9.23 Å². The number of benzene rings is 2. The second kappa shape index (κ2) is 7.43. The monoisotopic (exact) mass is 426 g/mol. The van der Waals surface area contributed by atoms with Crippen molar-refractivity contribution in [3.63, 3.8) is 0 Å². The van der Waals surface area contributed by atoms with E-state index in [1.807, 2.05) is 19.1 Å². The maximum Gasteiger partial charge on any atom is 0.139 e. The van der Waals surface area contributed by atoms with Gasteiger partial charge in [-0.2, -0.15) is 0 Å². The lowest BCUT2D eigenvalue weighted by Crippen LogP contribution is -1.97. The number of hydrogen-bond donors (Lipinski definition) is 0. The second-order valence-corrected chi connectivity index (χ2v) is 6.91. The van der Waals surface area contributed by atoms with Gasteiger partial charge in [-0.25, -0.2) is 0 Å². The van der Waals surface area contributed by atoms with Gasteiger partial charge in [0.2, 0.25) is 0 Å².